The van der Waals surface area contributed by atoms with E-state index < -0.39 is 0 Å². The molecule has 0 unspecified atom stereocenters. The topological polar surface area (TPSA) is 52.3 Å². The van der Waals surface area contributed by atoms with Crippen molar-refractivity contribution >= 4 is 24.3 Å². The zero-order valence-corrected chi connectivity index (χ0v) is 9.59. The number of thiol groups is 1. The van der Waals surface area contributed by atoms with E-state index in [1.165, 1.54) is 0 Å². The first-order valence-corrected chi connectivity index (χ1v) is 5.35. The second-order valence-corrected chi connectivity index (χ2v) is 3.74. The number of ether oxygens (including phenoxy) is 1. The van der Waals surface area contributed by atoms with Gasteiger partial charge in [0.25, 0.3) is 0 Å². The van der Waals surface area contributed by atoms with Gasteiger partial charge in [-0.2, -0.15) is 0 Å². The van der Waals surface area contributed by atoms with Crippen molar-refractivity contribution in [1.82, 2.24) is 0 Å². The normalized spacial score (nSPS) is 10.0. The molecule has 0 radical (unpaired) electrons. The largest absolute Gasteiger partial charge is 0.462 e. The highest BCUT2D eigenvalue weighted by Gasteiger charge is 2.07. The molecule has 0 bridgehead atoms. The summed E-state index contributed by atoms with van der Waals surface area (Å²) < 4.78 is 5.05. The lowest BCUT2D eigenvalue weighted by Crippen LogP contribution is -2.06. The monoisotopic (exact) mass is 225 g/mol. The molecule has 0 aliphatic carbocycles. The quantitative estimate of drug-likeness (QED) is 0.358. The fourth-order valence-corrected chi connectivity index (χ4v) is 1.28. The summed E-state index contributed by atoms with van der Waals surface area (Å²) in [4.78, 5) is 12.1. The summed E-state index contributed by atoms with van der Waals surface area (Å²) in [6.07, 6.45) is 1.89. The molecular weight excluding hydrogens is 210 g/mol. The maximum atomic E-state index is 11.5. The van der Waals surface area contributed by atoms with Gasteiger partial charge in [-0.25, -0.2) is 4.79 Å². The zero-order valence-electron chi connectivity index (χ0n) is 8.69. The number of nitrogen functional groups attached to an aromatic ring is 1. The maximum Gasteiger partial charge on any atom is 0.338 e. The molecule has 0 aromatic heterocycles. The van der Waals surface area contributed by atoms with Crippen LogP contribution < -0.4 is 5.73 Å². The van der Waals surface area contributed by atoms with Crippen LogP contribution in [0.4, 0.5) is 5.69 Å². The predicted octanol–water partition coefficient (Wildman–Crippen LogP) is 2.51. The lowest BCUT2D eigenvalue weighted by atomic mass is 10.2. The van der Waals surface area contributed by atoms with Gasteiger partial charge in [-0.3, -0.25) is 0 Å². The third kappa shape index (κ3) is 3.47. The first-order valence-electron chi connectivity index (χ1n) is 4.90. The van der Waals surface area contributed by atoms with E-state index in [0.29, 0.717) is 22.8 Å². The van der Waals surface area contributed by atoms with E-state index in [-0.39, 0.29) is 5.97 Å². The molecule has 0 atom stereocenters. The smallest absolute Gasteiger partial charge is 0.338 e. The summed E-state index contributed by atoms with van der Waals surface area (Å²) in [6, 6.07) is 4.91. The number of esters is 1. The Labute approximate surface area is 95.0 Å². The molecule has 2 N–H and O–H groups in total. The zero-order chi connectivity index (χ0) is 11.3. The Bertz CT molecular complexity index is 352. The van der Waals surface area contributed by atoms with E-state index in [4.69, 9.17) is 10.5 Å². The second kappa shape index (κ2) is 5.66. The van der Waals surface area contributed by atoms with Crippen LogP contribution in [0.2, 0.25) is 0 Å². The molecule has 15 heavy (non-hydrogen) atoms. The molecule has 0 fully saturated rings. The number of rotatable bonds is 4. The summed E-state index contributed by atoms with van der Waals surface area (Å²) in [7, 11) is 0. The second-order valence-electron chi connectivity index (χ2n) is 3.26. The number of hydrogen-bond acceptors (Lipinski definition) is 4. The van der Waals surface area contributed by atoms with Gasteiger partial charge < -0.3 is 10.5 Å². The molecule has 0 aliphatic rings. The van der Waals surface area contributed by atoms with Crippen molar-refractivity contribution < 1.29 is 9.53 Å². The number of unbranched alkanes of at least 4 members (excludes halogenated alkanes) is 1. The minimum atomic E-state index is -0.321. The predicted molar refractivity (Wildman–Crippen MR) is 63.3 cm³/mol. The van der Waals surface area contributed by atoms with Crippen molar-refractivity contribution in [1.29, 1.82) is 0 Å². The Hall–Kier alpha value is -1.16. The Balaban J connectivity index is 2.62. The van der Waals surface area contributed by atoms with E-state index in [1.807, 2.05) is 6.92 Å². The lowest BCUT2D eigenvalue weighted by molar-refractivity contribution is 0.0499. The number of hydrogen-bond donors (Lipinski definition) is 2. The average Bonchev–Trinajstić information content (AvgIpc) is 2.22. The van der Waals surface area contributed by atoms with Crippen LogP contribution >= 0.6 is 12.6 Å². The summed E-state index contributed by atoms with van der Waals surface area (Å²) in [5, 5.41) is 0. The third-order valence-corrected chi connectivity index (χ3v) is 2.38. The fourth-order valence-electron chi connectivity index (χ4n) is 1.06. The summed E-state index contributed by atoms with van der Waals surface area (Å²) in [5.74, 6) is -0.321. The summed E-state index contributed by atoms with van der Waals surface area (Å²) >= 11 is 4.14. The Morgan fingerprint density at radius 2 is 2.27 bits per heavy atom. The fraction of sp³-hybridized carbons (Fsp3) is 0.364. The highest BCUT2D eigenvalue weighted by molar-refractivity contribution is 7.80. The van der Waals surface area contributed by atoms with Crippen LogP contribution in [0.1, 0.15) is 30.1 Å². The van der Waals surface area contributed by atoms with E-state index in [0.717, 1.165) is 12.8 Å². The number of anilines is 1. The molecule has 1 aromatic carbocycles. The molecule has 0 aliphatic heterocycles. The highest BCUT2D eigenvalue weighted by Crippen LogP contribution is 2.18. The average molecular weight is 225 g/mol. The number of carbonyl (C=O) groups excluding carboxylic acids is 1. The van der Waals surface area contributed by atoms with Crippen LogP contribution in [-0.2, 0) is 4.74 Å². The van der Waals surface area contributed by atoms with Gasteiger partial charge in [-0.1, -0.05) is 13.3 Å². The van der Waals surface area contributed by atoms with E-state index in [9.17, 15) is 4.79 Å². The minimum absolute atomic E-state index is 0.321. The Morgan fingerprint density at radius 1 is 1.53 bits per heavy atom. The van der Waals surface area contributed by atoms with Crippen LogP contribution in [-0.4, -0.2) is 12.6 Å². The van der Waals surface area contributed by atoms with Gasteiger partial charge in [-0.15, -0.1) is 12.6 Å². The van der Waals surface area contributed by atoms with Crippen molar-refractivity contribution in [2.24, 2.45) is 0 Å². The molecular formula is C11H15NO2S. The summed E-state index contributed by atoms with van der Waals surface area (Å²) in [6.45, 7) is 2.50. The van der Waals surface area contributed by atoms with Gasteiger partial charge in [0.15, 0.2) is 0 Å². The minimum Gasteiger partial charge on any atom is -0.462 e. The number of nitrogens with two attached hydrogens (primary N) is 1. The van der Waals surface area contributed by atoms with Crippen molar-refractivity contribution in [3.05, 3.63) is 23.8 Å². The van der Waals surface area contributed by atoms with Crippen molar-refractivity contribution in [3.63, 3.8) is 0 Å². The van der Waals surface area contributed by atoms with Crippen LogP contribution in [0.5, 0.6) is 0 Å². The highest BCUT2D eigenvalue weighted by atomic mass is 32.1. The van der Waals surface area contributed by atoms with Crippen LogP contribution in [0, 0.1) is 0 Å². The van der Waals surface area contributed by atoms with Crippen LogP contribution in [0.15, 0.2) is 23.1 Å². The molecule has 0 heterocycles. The Morgan fingerprint density at radius 3 is 2.87 bits per heavy atom. The van der Waals surface area contributed by atoms with Crippen LogP contribution in [0.3, 0.4) is 0 Å². The standard InChI is InChI=1S/C11H15NO2S/c1-2-3-6-14-11(13)8-4-5-9(12)10(15)7-8/h4-5,7,15H,2-3,6,12H2,1H3. The molecule has 3 nitrogen and oxygen atoms in total. The molecule has 0 saturated heterocycles. The van der Waals surface area contributed by atoms with Crippen molar-refractivity contribution in [2.45, 2.75) is 24.7 Å². The molecule has 0 saturated carbocycles. The third-order valence-electron chi connectivity index (χ3n) is 2.00. The van der Waals surface area contributed by atoms with Gasteiger partial charge in [-0.05, 0) is 24.6 Å². The van der Waals surface area contributed by atoms with Gasteiger partial charge in [0.2, 0.25) is 0 Å². The van der Waals surface area contributed by atoms with Gasteiger partial charge in [0.05, 0.1) is 12.2 Å². The maximum absolute atomic E-state index is 11.5. The molecule has 1 aromatic rings. The SMILES string of the molecule is CCCCOC(=O)c1ccc(N)c(S)c1. The van der Waals surface area contributed by atoms with Crippen molar-refractivity contribution in [2.75, 3.05) is 12.3 Å². The number of carbonyl (C=O) groups is 1. The van der Waals surface area contributed by atoms with Crippen molar-refractivity contribution in [3.8, 4) is 0 Å². The molecule has 4 heteroatoms. The lowest BCUT2D eigenvalue weighted by Gasteiger charge is -2.05. The molecule has 0 amide bonds. The summed E-state index contributed by atoms with van der Waals surface area (Å²) in [5.41, 5.74) is 6.63. The number of benzene rings is 1. The van der Waals surface area contributed by atoms with Crippen LogP contribution in [0.25, 0.3) is 0 Å². The molecule has 1 rings (SSSR count). The van der Waals surface area contributed by atoms with E-state index in [1.54, 1.807) is 18.2 Å². The Kier molecular flexibility index (Phi) is 4.49. The van der Waals surface area contributed by atoms with Gasteiger partial charge in [0.1, 0.15) is 0 Å². The first kappa shape index (κ1) is 11.9. The van der Waals surface area contributed by atoms with Gasteiger partial charge >= 0.3 is 5.97 Å². The molecule has 82 valence electrons. The first-order chi connectivity index (χ1) is 7.15. The van der Waals surface area contributed by atoms with E-state index in [2.05, 4.69) is 12.6 Å². The molecule has 0 spiro atoms. The van der Waals surface area contributed by atoms with Gasteiger partial charge in [0, 0.05) is 10.6 Å². The van der Waals surface area contributed by atoms with E-state index >= 15 is 0 Å².